The van der Waals surface area contributed by atoms with Crippen molar-refractivity contribution in [1.29, 1.82) is 0 Å². The van der Waals surface area contributed by atoms with Crippen molar-refractivity contribution in [3.8, 4) is 0 Å². The third-order valence-electron chi connectivity index (χ3n) is 3.27. The number of aryl methyl sites for hydroxylation is 1. The predicted octanol–water partition coefficient (Wildman–Crippen LogP) is 2.39. The van der Waals surface area contributed by atoms with Gasteiger partial charge in [0.1, 0.15) is 0 Å². The molecule has 0 aromatic heterocycles. The lowest BCUT2D eigenvalue weighted by Crippen LogP contribution is -2.35. The normalized spacial score (nSPS) is 24.8. The molecule has 1 aliphatic rings. The van der Waals surface area contributed by atoms with Crippen molar-refractivity contribution in [2.75, 3.05) is 13.2 Å². The molecule has 2 nitrogen and oxygen atoms in total. The molecule has 0 amide bonds. The first-order chi connectivity index (χ1) is 7.86. The molecular weight excluding hydrogens is 198 g/mol. The first kappa shape index (κ1) is 11.6. The van der Waals surface area contributed by atoms with E-state index in [9.17, 15) is 0 Å². The Kier molecular flexibility index (Phi) is 4.37. The highest BCUT2D eigenvalue weighted by molar-refractivity contribution is 5.14. The average molecular weight is 219 g/mol. The number of nitrogens with one attached hydrogen (secondary N) is 1. The number of ether oxygens (including phenoxy) is 1. The minimum atomic E-state index is 0.386. The van der Waals surface area contributed by atoms with Crippen LogP contribution in [0, 0.1) is 0 Å². The molecule has 1 N–H and O–H groups in total. The van der Waals surface area contributed by atoms with E-state index < -0.39 is 0 Å². The quantitative estimate of drug-likeness (QED) is 0.768. The van der Waals surface area contributed by atoms with Crippen LogP contribution < -0.4 is 5.32 Å². The number of hydrogen-bond acceptors (Lipinski definition) is 2. The lowest BCUT2D eigenvalue weighted by molar-refractivity contribution is 0.113. The first-order valence-electron chi connectivity index (χ1n) is 6.25. The standard InChI is InChI=1S/C14H21NO/c1-12-14(9-11-16-12)15-10-5-8-13-6-3-2-4-7-13/h2-4,6-7,12,14-15H,5,8-11H2,1H3. The fourth-order valence-electron chi connectivity index (χ4n) is 2.22. The molecule has 0 spiro atoms. The smallest absolute Gasteiger partial charge is 0.0700 e. The minimum absolute atomic E-state index is 0.386. The van der Waals surface area contributed by atoms with Crippen molar-refractivity contribution >= 4 is 0 Å². The monoisotopic (exact) mass is 219 g/mol. The molecule has 1 saturated heterocycles. The second-order valence-electron chi connectivity index (χ2n) is 4.51. The van der Waals surface area contributed by atoms with E-state index in [0.717, 1.165) is 26.0 Å². The molecule has 2 unspecified atom stereocenters. The summed E-state index contributed by atoms with van der Waals surface area (Å²) in [6.45, 7) is 4.16. The van der Waals surface area contributed by atoms with Crippen molar-refractivity contribution in [2.24, 2.45) is 0 Å². The van der Waals surface area contributed by atoms with Crippen LogP contribution in [0.25, 0.3) is 0 Å². The number of hydrogen-bond donors (Lipinski definition) is 1. The van der Waals surface area contributed by atoms with Crippen molar-refractivity contribution in [2.45, 2.75) is 38.3 Å². The van der Waals surface area contributed by atoms with Gasteiger partial charge in [-0.1, -0.05) is 30.3 Å². The van der Waals surface area contributed by atoms with Crippen LogP contribution in [0.5, 0.6) is 0 Å². The molecular formula is C14H21NO. The van der Waals surface area contributed by atoms with Crippen LogP contribution in [0.2, 0.25) is 0 Å². The lowest BCUT2D eigenvalue weighted by Gasteiger charge is -2.15. The Morgan fingerprint density at radius 2 is 2.12 bits per heavy atom. The molecule has 1 aliphatic heterocycles. The van der Waals surface area contributed by atoms with Gasteiger partial charge in [-0.2, -0.15) is 0 Å². The Bertz CT molecular complexity index is 299. The highest BCUT2D eigenvalue weighted by atomic mass is 16.5. The van der Waals surface area contributed by atoms with Crippen LogP contribution >= 0.6 is 0 Å². The topological polar surface area (TPSA) is 21.3 Å². The Morgan fingerprint density at radius 1 is 1.31 bits per heavy atom. The van der Waals surface area contributed by atoms with E-state index in [2.05, 4.69) is 42.6 Å². The van der Waals surface area contributed by atoms with Gasteiger partial charge in [-0.3, -0.25) is 0 Å². The molecule has 2 atom stereocenters. The Hall–Kier alpha value is -0.860. The third kappa shape index (κ3) is 3.32. The van der Waals surface area contributed by atoms with Gasteiger partial charge in [-0.25, -0.2) is 0 Å². The Balaban J connectivity index is 1.62. The van der Waals surface area contributed by atoms with E-state index in [0.29, 0.717) is 12.1 Å². The molecule has 88 valence electrons. The molecule has 1 fully saturated rings. The predicted molar refractivity (Wildman–Crippen MR) is 66.6 cm³/mol. The summed E-state index contributed by atoms with van der Waals surface area (Å²) in [7, 11) is 0. The second kappa shape index (κ2) is 6.02. The van der Waals surface area contributed by atoms with Gasteiger partial charge in [0.05, 0.1) is 6.10 Å². The van der Waals surface area contributed by atoms with Gasteiger partial charge in [0.2, 0.25) is 0 Å². The summed E-state index contributed by atoms with van der Waals surface area (Å²) < 4.78 is 5.52. The maximum absolute atomic E-state index is 5.52. The maximum atomic E-state index is 5.52. The highest BCUT2D eigenvalue weighted by Crippen LogP contribution is 2.12. The summed E-state index contributed by atoms with van der Waals surface area (Å²) in [5.41, 5.74) is 1.43. The summed E-state index contributed by atoms with van der Waals surface area (Å²) >= 11 is 0. The molecule has 0 bridgehead atoms. The van der Waals surface area contributed by atoms with Crippen LogP contribution in [-0.4, -0.2) is 25.3 Å². The largest absolute Gasteiger partial charge is 0.377 e. The third-order valence-corrected chi connectivity index (χ3v) is 3.27. The van der Waals surface area contributed by atoms with Crippen LogP contribution in [-0.2, 0) is 11.2 Å². The Morgan fingerprint density at radius 3 is 2.81 bits per heavy atom. The molecule has 1 aromatic carbocycles. The zero-order chi connectivity index (χ0) is 11.2. The van der Waals surface area contributed by atoms with Crippen LogP contribution in [0.4, 0.5) is 0 Å². The zero-order valence-corrected chi connectivity index (χ0v) is 9.99. The lowest BCUT2D eigenvalue weighted by atomic mass is 10.1. The van der Waals surface area contributed by atoms with Gasteiger partial charge < -0.3 is 10.1 Å². The fourth-order valence-corrected chi connectivity index (χ4v) is 2.22. The second-order valence-corrected chi connectivity index (χ2v) is 4.51. The molecule has 1 heterocycles. The van der Waals surface area contributed by atoms with Crippen LogP contribution in [0.15, 0.2) is 30.3 Å². The number of benzene rings is 1. The molecule has 0 saturated carbocycles. The summed E-state index contributed by atoms with van der Waals surface area (Å²) in [6, 6.07) is 11.2. The molecule has 2 heteroatoms. The van der Waals surface area contributed by atoms with Gasteiger partial charge in [0, 0.05) is 12.6 Å². The molecule has 2 rings (SSSR count). The van der Waals surface area contributed by atoms with Gasteiger partial charge in [-0.05, 0) is 38.3 Å². The van der Waals surface area contributed by atoms with E-state index in [1.807, 2.05) is 0 Å². The van der Waals surface area contributed by atoms with Crippen molar-refractivity contribution in [3.63, 3.8) is 0 Å². The van der Waals surface area contributed by atoms with E-state index in [1.165, 1.54) is 12.0 Å². The van der Waals surface area contributed by atoms with Crippen molar-refractivity contribution < 1.29 is 4.74 Å². The summed E-state index contributed by atoms with van der Waals surface area (Å²) in [6.07, 6.45) is 3.91. The van der Waals surface area contributed by atoms with Crippen molar-refractivity contribution in [1.82, 2.24) is 5.32 Å². The van der Waals surface area contributed by atoms with E-state index in [-0.39, 0.29) is 0 Å². The van der Waals surface area contributed by atoms with E-state index in [4.69, 9.17) is 4.74 Å². The summed E-state index contributed by atoms with van der Waals surface area (Å²) in [5, 5.41) is 3.58. The average Bonchev–Trinajstić information content (AvgIpc) is 2.72. The van der Waals surface area contributed by atoms with Gasteiger partial charge in [-0.15, -0.1) is 0 Å². The van der Waals surface area contributed by atoms with Gasteiger partial charge in [0.15, 0.2) is 0 Å². The SMILES string of the molecule is CC1OCCC1NCCCc1ccccc1. The molecule has 0 aliphatic carbocycles. The maximum Gasteiger partial charge on any atom is 0.0700 e. The zero-order valence-electron chi connectivity index (χ0n) is 9.99. The van der Waals surface area contributed by atoms with Gasteiger partial charge >= 0.3 is 0 Å². The molecule has 0 radical (unpaired) electrons. The minimum Gasteiger partial charge on any atom is -0.377 e. The Labute approximate surface area is 98.0 Å². The van der Waals surface area contributed by atoms with E-state index in [1.54, 1.807) is 0 Å². The van der Waals surface area contributed by atoms with Crippen LogP contribution in [0.1, 0.15) is 25.3 Å². The summed E-state index contributed by atoms with van der Waals surface area (Å²) in [4.78, 5) is 0. The van der Waals surface area contributed by atoms with Crippen LogP contribution in [0.3, 0.4) is 0 Å². The number of rotatable bonds is 5. The molecule has 1 aromatic rings. The first-order valence-corrected chi connectivity index (χ1v) is 6.25. The highest BCUT2D eigenvalue weighted by Gasteiger charge is 2.22. The van der Waals surface area contributed by atoms with Gasteiger partial charge in [0.25, 0.3) is 0 Å². The summed E-state index contributed by atoms with van der Waals surface area (Å²) in [5.74, 6) is 0. The van der Waals surface area contributed by atoms with Crippen molar-refractivity contribution in [3.05, 3.63) is 35.9 Å². The van der Waals surface area contributed by atoms with E-state index >= 15 is 0 Å². The fraction of sp³-hybridized carbons (Fsp3) is 0.571. The molecule has 16 heavy (non-hydrogen) atoms.